The van der Waals surface area contributed by atoms with Crippen molar-refractivity contribution in [2.45, 2.75) is 39.2 Å². The summed E-state index contributed by atoms with van der Waals surface area (Å²) in [6, 6.07) is 5.02. The minimum Gasteiger partial charge on any atom is -0.306 e. The number of aromatic nitrogens is 2. The van der Waals surface area contributed by atoms with Crippen molar-refractivity contribution < 1.29 is 4.39 Å². The molecule has 1 aliphatic heterocycles. The molecule has 1 saturated heterocycles. The summed E-state index contributed by atoms with van der Waals surface area (Å²) < 4.78 is 15.5. The van der Waals surface area contributed by atoms with Crippen LogP contribution in [0.15, 0.2) is 18.2 Å². The van der Waals surface area contributed by atoms with Gasteiger partial charge in [0.25, 0.3) is 0 Å². The Hall–Kier alpha value is -1.42. The molecule has 0 unspecified atom stereocenters. The van der Waals surface area contributed by atoms with E-state index in [0.717, 1.165) is 35.5 Å². The van der Waals surface area contributed by atoms with Crippen LogP contribution in [0.3, 0.4) is 0 Å². The van der Waals surface area contributed by atoms with Gasteiger partial charge in [-0.15, -0.1) is 0 Å². The van der Waals surface area contributed by atoms with Crippen LogP contribution in [0.5, 0.6) is 0 Å². The zero-order chi connectivity index (χ0) is 14.8. The SMILES string of the molecule is CCc1nn(CCC2CCN(C)CC2)c2ccc(F)cc12. The number of hydrogen-bond acceptors (Lipinski definition) is 2. The topological polar surface area (TPSA) is 21.1 Å². The van der Waals surface area contributed by atoms with Gasteiger partial charge in [-0.2, -0.15) is 5.10 Å². The van der Waals surface area contributed by atoms with E-state index in [1.165, 1.54) is 38.4 Å². The van der Waals surface area contributed by atoms with Gasteiger partial charge in [-0.3, -0.25) is 4.68 Å². The molecule has 0 amide bonds. The number of hydrogen-bond donors (Lipinski definition) is 0. The van der Waals surface area contributed by atoms with Crippen LogP contribution in [-0.2, 0) is 13.0 Å². The molecule has 0 bridgehead atoms. The van der Waals surface area contributed by atoms with E-state index < -0.39 is 0 Å². The summed E-state index contributed by atoms with van der Waals surface area (Å²) in [5.41, 5.74) is 2.08. The highest BCUT2D eigenvalue weighted by Gasteiger charge is 2.17. The molecule has 1 aromatic carbocycles. The van der Waals surface area contributed by atoms with Crippen molar-refractivity contribution in [2.75, 3.05) is 20.1 Å². The summed E-state index contributed by atoms with van der Waals surface area (Å²) in [4.78, 5) is 2.40. The molecule has 1 fully saturated rings. The van der Waals surface area contributed by atoms with Crippen molar-refractivity contribution in [3.8, 4) is 0 Å². The first-order valence-electron chi connectivity index (χ1n) is 8.01. The molecule has 114 valence electrons. The van der Waals surface area contributed by atoms with E-state index in [2.05, 4.69) is 28.7 Å². The van der Waals surface area contributed by atoms with Crippen LogP contribution in [0.1, 0.15) is 31.9 Å². The van der Waals surface area contributed by atoms with E-state index in [1.807, 2.05) is 6.07 Å². The van der Waals surface area contributed by atoms with E-state index in [1.54, 1.807) is 6.07 Å². The largest absolute Gasteiger partial charge is 0.306 e. The highest BCUT2D eigenvalue weighted by Crippen LogP contribution is 2.24. The lowest BCUT2D eigenvalue weighted by atomic mass is 9.94. The Morgan fingerprint density at radius 1 is 1.29 bits per heavy atom. The Labute approximate surface area is 125 Å². The summed E-state index contributed by atoms with van der Waals surface area (Å²) in [7, 11) is 2.19. The lowest BCUT2D eigenvalue weighted by Gasteiger charge is -2.28. The number of rotatable bonds is 4. The third-order valence-electron chi connectivity index (χ3n) is 4.71. The molecule has 0 N–H and O–H groups in total. The molecule has 21 heavy (non-hydrogen) atoms. The molecule has 3 rings (SSSR count). The van der Waals surface area contributed by atoms with Crippen LogP contribution >= 0.6 is 0 Å². The Kier molecular flexibility index (Phi) is 4.24. The molecule has 0 aliphatic carbocycles. The smallest absolute Gasteiger partial charge is 0.124 e. The van der Waals surface area contributed by atoms with Crippen molar-refractivity contribution in [3.05, 3.63) is 29.7 Å². The standard InChI is InChI=1S/C17H24FN3/c1-3-16-15-12-14(18)4-5-17(15)21(19-16)11-8-13-6-9-20(2)10-7-13/h4-5,12-13H,3,6-11H2,1-2H3. The minimum absolute atomic E-state index is 0.174. The average molecular weight is 289 g/mol. The van der Waals surface area contributed by atoms with Gasteiger partial charge in [-0.05, 0) is 69.9 Å². The molecule has 1 aromatic heterocycles. The highest BCUT2D eigenvalue weighted by molar-refractivity contribution is 5.82. The lowest BCUT2D eigenvalue weighted by Crippen LogP contribution is -2.30. The number of halogens is 1. The quantitative estimate of drug-likeness (QED) is 0.859. The second kappa shape index (κ2) is 6.14. The van der Waals surface area contributed by atoms with E-state index in [-0.39, 0.29) is 5.82 Å². The van der Waals surface area contributed by atoms with Gasteiger partial charge in [-0.25, -0.2) is 4.39 Å². The normalized spacial score (nSPS) is 17.7. The molecular weight excluding hydrogens is 265 g/mol. The van der Waals surface area contributed by atoms with Gasteiger partial charge in [0.1, 0.15) is 5.82 Å². The predicted octanol–water partition coefficient (Wildman–Crippen LogP) is 3.47. The average Bonchev–Trinajstić information content (AvgIpc) is 2.84. The fraction of sp³-hybridized carbons (Fsp3) is 0.588. The van der Waals surface area contributed by atoms with Crippen LogP contribution in [0.25, 0.3) is 10.9 Å². The number of fused-ring (bicyclic) bond motifs is 1. The first-order chi connectivity index (χ1) is 10.2. The minimum atomic E-state index is -0.174. The second-order valence-electron chi connectivity index (χ2n) is 6.22. The number of nitrogens with zero attached hydrogens (tertiary/aromatic N) is 3. The maximum atomic E-state index is 13.4. The van der Waals surface area contributed by atoms with Gasteiger partial charge in [0, 0.05) is 11.9 Å². The van der Waals surface area contributed by atoms with Crippen molar-refractivity contribution in [1.29, 1.82) is 0 Å². The summed E-state index contributed by atoms with van der Waals surface area (Å²) in [6.45, 7) is 5.43. The number of piperidine rings is 1. The van der Waals surface area contributed by atoms with Crippen molar-refractivity contribution in [3.63, 3.8) is 0 Å². The Morgan fingerprint density at radius 3 is 2.76 bits per heavy atom. The van der Waals surface area contributed by atoms with Gasteiger partial charge in [0.15, 0.2) is 0 Å². The zero-order valence-electron chi connectivity index (χ0n) is 13.0. The summed E-state index contributed by atoms with van der Waals surface area (Å²) >= 11 is 0. The molecule has 2 aromatic rings. The Morgan fingerprint density at radius 2 is 2.05 bits per heavy atom. The van der Waals surface area contributed by atoms with Gasteiger partial charge < -0.3 is 4.90 Å². The molecule has 4 heteroatoms. The lowest BCUT2D eigenvalue weighted by molar-refractivity contribution is 0.207. The molecule has 3 nitrogen and oxygen atoms in total. The predicted molar refractivity (Wildman–Crippen MR) is 83.9 cm³/mol. The van der Waals surface area contributed by atoms with Crippen molar-refractivity contribution in [1.82, 2.24) is 14.7 Å². The van der Waals surface area contributed by atoms with E-state index in [0.29, 0.717) is 0 Å². The monoisotopic (exact) mass is 289 g/mol. The summed E-state index contributed by atoms with van der Waals surface area (Å²) in [5.74, 6) is 0.623. The van der Waals surface area contributed by atoms with Crippen LogP contribution in [0.2, 0.25) is 0 Å². The molecule has 0 radical (unpaired) electrons. The first kappa shape index (κ1) is 14.5. The third kappa shape index (κ3) is 3.10. The Balaban J connectivity index is 1.75. The van der Waals surface area contributed by atoms with Gasteiger partial charge in [0.2, 0.25) is 0 Å². The second-order valence-corrected chi connectivity index (χ2v) is 6.22. The van der Waals surface area contributed by atoms with E-state index in [9.17, 15) is 4.39 Å². The van der Waals surface area contributed by atoms with Crippen LogP contribution in [-0.4, -0.2) is 34.8 Å². The molecule has 0 spiro atoms. The van der Waals surface area contributed by atoms with Crippen molar-refractivity contribution >= 4 is 10.9 Å². The summed E-state index contributed by atoms with van der Waals surface area (Å²) in [5, 5.41) is 5.66. The molecular formula is C17H24FN3. The van der Waals surface area contributed by atoms with E-state index in [4.69, 9.17) is 0 Å². The van der Waals surface area contributed by atoms with Crippen LogP contribution < -0.4 is 0 Å². The molecule has 2 heterocycles. The van der Waals surface area contributed by atoms with Crippen LogP contribution in [0, 0.1) is 11.7 Å². The fourth-order valence-corrected chi connectivity index (χ4v) is 3.31. The summed E-state index contributed by atoms with van der Waals surface area (Å²) in [6.07, 6.45) is 4.59. The molecule has 0 saturated carbocycles. The Bertz CT molecular complexity index is 612. The number of likely N-dealkylation sites (tertiary alicyclic amines) is 1. The van der Waals surface area contributed by atoms with E-state index >= 15 is 0 Å². The maximum absolute atomic E-state index is 13.4. The number of benzene rings is 1. The molecule has 1 aliphatic rings. The first-order valence-corrected chi connectivity index (χ1v) is 8.01. The highest BCUT2D eigenvalue weighted by atomic mass is 19.1. The van der Waals surface area contributed by atoms with Crippen molar-refractivity contribution in [2.24, 2.45) is 5.92 Å². The van der Waals surface area contributed by atoms with Gasteiger partial charge >= 0.3 is 0 Å². The van der Waals surface area contributed by atoms with Gasteiger partial charge in [-0.1, -0.05) is 6.92 Å². The van der Waals surface area contributed by atoms with Crippen LogP contribution in [0.4, 0.5) is 4.39 Å². The third-order valence-corrected chi connectivity index (χ3v) is 4.71. The zero-order valence-corrected chi connectivity index (χ0v) is 13.0. The maximum Gasteiger partial charge on any atom is 0.124 e. The van der Waals surface area contributed by atoms with Gasteiger partial charge in [0.05, 0.1) is 11.2 Å². The fourth-order valence-electron chi connectivity index (χ4n) is 3.31. The number of aryl methyl sites for hydroxylation is 2. The molecule has 0 atom stereocenters.